The summed E-state index contributed by atoms with van der Waals surface area (Å²) in [4.78, 5) is 22.7. The summed E-state index contributed by atoms with van der Waals surface area (Å²) in [5, 5.41) is 3.32. The summed E-state index contributed by atoms with van der Waals surface area (Å²) in [6.07, 6.45) is 2.95. The van der Waals surface area contributed by atoms with E-state index in [0.717, 1.165) is 17.9 Å². The highest BCUT2D eigenvalue weighted by molar-refractivity contribution is 5.96. The number of carbonyl (C=O) groups is 1. The van der Waals surface area contributed by atoms with Crippen LogP contribution in [0, 0.1) is 0 Å². The van der Waals surface area contributed by atoms with Crippen molar-refractivity contribution < 1.29 is 9.53 Å². The Morgan fingerprint density at radius 1 is 1.28 bits per heavy atom. The van der Waals surface area contributed by atoms with Crippen molar-refractivity contribution in [3.8, 4) is 5.75 Å². The SMILES string of the molecule is COc1ccccc1C1CNCCN1C(=O)c1nccnc1N.Cl.Cl. The molecule has 0 aliphatic carbocycles. The van der Waals surface area contributed by atoms with Gasteiger partial charge in [-0.3, -0.25) is 4.79 Å². The number of methoxy groups -OCH3 is 1. The Kier molecular flexibility index (Phi) is 7.89. The van der Waals surface area contributed by atoms with Crippen LogP contribution in [0.5, 0.6) is 5.75 Å². The molecule has 1 aromatic carbocycles. The molecule has 0 bridgehead atoms. The number of nitrogen functional groups attached to an aromatic ring is 1. The van der Waals surface area contributed by atoms with E-state index < -0.39 is 0 Å². The van der Waals surface area contributed by atoms with Crippen LogP contribution in [0.3, 0.4) is 0 Å². The molecular weight excluding hydrogens is 365 g/mol. The van der Waals surface area contributed by atoms with Crippen molar-refractivity contribution in [2.24, 2.45) is 0 Å². The van der Waals surface area contributed by atoms with Gasteiger partial charge in [0.25, 0.3) is 5.91 Å². The molecule has 136 valence electrons. The molecule has 1 fully saturated rings. The smallest absolute Gasteiger partial charge is 0.276 e. The van der Waals surface area contributed by atoms with Gasteiger partial charge >= 0.3 is 0 Å². The largest absolute Gasteiger partial charge is 0.496 e. The van der Waals surface area contributed by atoms with Crippen molar-refractivity contribution in [1.29, 1.82) is 0 Å². The first-order chi connectivity index (χ1) is 11.2. The third-order valence-corrected chi connectivity index (χ3v) is 3.93. The van der Waals surface area contributed by atoms with Crippen molar-refractivity contribution in [2.45, 2.75) is 6.04 Å². The van der Waals surface area contributed by atoms with Gasteiger partial charge in [-0.1, -0.05) is 18.2 Å². The van der Waals surface area contributed by atoms with Crippen LogP contribution in [0.1, 0.15) is 22.1 Å². The van der Waals surface area contributed by atoms with Crippen LogP contribution in [-0.4, -0.2) is 47.5 Å². The van der Waals surface area contributed by atoms with Crippen LogP contribution in [0.25, 0.3) is 0 Å². The van der Waals surface area contributed by atoms with Crippen LogP contribution in [0.15, 0.2) is 36.7 Å². The number of benzene rings is 1. The molecule has 3 N–H and O–H groups in total. The highest BCUT2D eigenvalue weighted by atomic mass is 35.5. The summed E-state index contributed by atoms with van der Waals surface area (Å²) in [5.74, 6) is 0.689. The molecule has 2 aromatic rings. The number of piperazine rings is 1. The minimum Gasteiger partial charge on any atom is -0.496 e. The first kappa shape index (κ1) is 21.0. The van der Waals surface area contributed by atoms with Gasteiger partial charge in [-0.2, -0.15) is 0 Å². The number of halogens is 2. The van der Waals surface area contributed by atoms with E-state index in [4.69, 9.17) is 10.5 Å². The molecule has 9 heteroatoms. The van der Waals surface area contributed by atoms with E-state index in [1.165, 1.54) is 12.4 Å². The van der Waals surface area contributed by atoms with Gasteiger partial charge in [0.15, 0.2) is 11.5 Å². The normalized spacial score (nSPS) is 16.4. The number of para-hydroxylation sites is 1. The average Bonchev–Trinajstić information content (AvgIpc) is 2.61. The van der Waals surface area contributed by atoms with Gasteiger partial charge in [0.2, 0.25) is 0 Å². The van der Waals surface area contributed by atoms with Gasteiger partial charge in [-0.05, 0) is 6.07 Å². The van der Waals surface area contributed by atoms with Gasteiger partial charge in [0, 0.05) is 37.6 Å². The second-order valence-corrected chi connectivity index (χ2v) is 5.25. The Morgan fingerprint density at radius 3 is 2.72 bits per heavy atom. The first-order valence-corrected chi connectivity index (χ1v) is 7.43. The Balaban J connectivity index is 0.00000156. The Hall–Kier alpha value is -2.09. The van der Waals surface area contributed by atoms with E-state index in [-0.39, 0.29) is 48.3 Å². The van der Waals surface area contributed by atoms with E-state index in [1.807, 2.05) is 24.3 Å². The maximum Gasteiger partial charge on any atom is 0.276 e. The molecule has 1 aromatic heterocycles. The van der Waals surface area contributed by atoms with Gasteiger partial charge in [0.1, 0.15) is 5.75 Å². The van der Waals surface area contributed by atoms with E-state index in [0.29, 0.717) is 13.1 Å². The molecule has 0 radical (unpaired) electrons. The molecule has 25 heavy (non-hydrogen) atoms. The zero-order valence-electron chi connectivity index (χ0n) is 13.7. The summed E-state index contributed by atoms with van der Waals surface area (Å²) >= 11 is 0. The summed E-state index contributed by atoms with van der Waals surface area (Å²) in [5.41, 5.74) is 6.95. The predicted octanol–water partition coefficient (Wildman–Crippen LogP) is 1.70. The van der Waals surface area contributed by atoms with Crippen molar-refractivity contribution in [3.63, 3.8) is 0 Å². The van der Waals surface area contributed by atoms with Crippen molar-refractivity contribution in [3.05, 3.63) is 47.9 Å². The van der Waals surface area contributed by atoms with E-state index in [2.05, 4.69) is 15.3 Å². The van der Waals surface area contributed by atoms with E-state index in [9.17, 15) is 4.79 Å². The van der Waals surface area contributed by atoms with E-state index in [1.54, 1.807) is 12.0 Å². The Bertz CT molecular complexity index is 716. The third kappa shape index (κ3) is 4.31. The number of nitrogens with one attached hydrogen (secondary N) is 1. The van der Waals surface area contributed by atoms with E-state index >= 15 is 0 Å². The third-order valence-electron chi connectivity index (χ3n) is 3.93. The summed E-state index contributed by atoms with van der Waals surface area (Å²) in [6.45, 7) is 1.93. The highest BCUT2D eigenvalue weighted by Crippen LogP contribution is 2.31. The van der Waals surface area contributed by atoms with Crippen LogP contribution >= 0.6 is 24.8 Å². The average molecular weight is 386 g/mol. The molecular formula is C16H21Cl2N5O2. The molecule has 7 nitrogen and oxygen atoms in total. The molecule has 1 atom stereocenters. The second kappa shape index (κ2) is 9.41. The lowest BCUT2D eigenvalue weighted by Gasteiger charge is -2.36. The first-order valence-electron chi connectivity index (χ1n) is 7.43. The van der Waals surface area contributed by atoms with Crippen LogP contribution in [0.2, 0.25) is 0 Å². The van der Waals surface area contributed by atoms with Gasteiger partial charge in [0.05, 0.1) is 13.2 Å². The second-order valence-electron chi connectivity index (χ2n) is 5.25. The molecule has 1 amide bonds. The van der Waals surface area contributed by atoms with Crippen LogP contribution in [0.4, 0.5) is 5.82 Å². The number of amides is 1. The minimum absolute atomic E-state index is 0. The number of aromatic nitrogens is 2. The molecule has 2 heterocycles. The minimum atomic E-state index is -0.215. The van der Waals surface area contributed by atoms with Crippen molar-refractivity contribution in [2.75, 3.05) is 32.5 Å². The highest BCUT2D eigenvalue weighted by Gasteiger charge is 2.32. The summed E-state index contributed by atoms with van der Waals surface area (Å²) in [7, 11) is 1.63. The topological polar surface area (TPSA) is 93.4 Å². The molecule has 1 aliphatic heterocycles. The molecule has 0 spiro atoms. The number of rotatable bonds is 3. The maximum atomic E-state index is 12.9. The fraction of sp³-hybridized carbons (Fsp3) is 0.312. The Morgan fingerprint density at radius 2 is 2.00 bits per heavy atom. The van der Waals surface area contributed by atoms with Gasteiger partial charge < -0.3 is 20.7 Å². The number of carbonyl (C=O) groups excluding carboxylic acids is 1. The molecule has 1 saturated heterocycles. The van der Waals surface area contributed by atoms with Gasteiger partial charge in [-0.15, -0.1) is 24.8 Å². The molecule has 1 aliphatic rings. The number of hydrogen-bond donors (Lipinski definition) is 2. The van der Waals surface area contributed by atoms with Crippen LogP contribution < -0.4 is 15.8 Å². The quantitative estimate of drug-likeness (QED) is 0.834. The number of anilines is 1. The fourth-order valence-corrected chi connectivity index (χ4v) is 2.82. The lowest BCUT2D eigenvalue weighted by atomic mass is 10.0. The van der Waals surface area contributed by atoms with Crippen LogP contribution in [-0.2, 0) is 0 Å². The predicted molar refractivity (Wildman–Crippen MR) is 101 cm³/mol. The lowest BCUT2D eigenvalue weighted by Crippen LogP contribution is -2.49. The number of hydrogen-bond acceptors (Lipinski definition) is 6. The maximum absolute atomic E-state index is 12.9. The lowest BCUT2D eigenvalue weighted by molar-refractivity contribution is 0.0626. The number of nitrogens with two attached hydrogens (primary N) is 1. The standard InChI is InChI=1S/C16H19N5O2.2ClH/c1-23-13-5-3-2-4-11(13)12-10-18-8-9-21(12)16(22)14-15(17)20-7-6-19-14;;/h2-7,12,18H,8-10H2,1H3,(H2,17,20);2*1H. The zero-order valence-corrected chi connectivity index (χ0v) is 15.3. The summed E-state index contributed by atoms with van der Waals surface area (Å²) in [6, 6.07) is 7.56. The van der Waals surface area contributed by atoms with Crippen molar-refractivity contribution >= 4 is 36.5 Å². The molecule has 1 unspecified atom stereocenters. The summed E-state index contributed by atoms with van der Waals surface area (Å²) < 4.78 is 5.44. The monoisotopic (exact) mass is 385 g/mol. The molecule has 0 saturated carbocycles. The van der Waals surface area contributed by atoms with Gasteiger partial charge in [-0.25, -0.2) is 9.97 Å². The number of nitrogens with zero attached hydrogens (tertiary/aromatic N) is 3. The van der Waals surface area contributed by atoms with Crippen molar-refractivity contribution in [1.82, 2.24) is 20.2 Å². The number of ether oxygens (including phenoxy) is 1. The zero-order chi connectivity index (χ0) is 16.2. The molecule has 3 rings (SSSR count). The Labute approximate surface area is 158 Å². The fourth-order valence-electron chi connectivity index (χ4n) is 2.82.